The lowest BCUT2D eigenvalue weighted by atomic mass is 10.2. The van der Waals surface area contributed by atoms with E-state index in [0.29, 0.717) is 6.54 Å². The molecule has 0 atom stereocenters. The number of unbranched alkanes of at least 4 members (excludes halogenated alkanes) is 1. The molecule has 1 fully saturated rings. The summed E-state index contributed by atoms with van der Waals surface area (Å²) in [5.41, 5.74) is 2.25. The molecule has 0 aliphatic carbocycles. The number of piperazine rings is 1. The summed E-state index contributed by atoms with van der Waals surface area (Å²) >= 11 is 1.89. The highest BCUT2D eigenvalue weighted by atomic mass is 127. The van der Waals surface area contributed by atoms with E-state index in [0.717, 1.165) is 56.6 Å². The van der Waals surface area contributed by atoms with Gasteiger partial charge < -0.3 is 20.4 Å². The zero-order valence-corrected chi connectivity index (χ0v) is 22.0. The number of hydrogen-bond acceptors (Lipinski definition) is 5. The Morgan fingerprint density at radius 2 is 1.78 bits per heavy atom. The Balaban J connectivity index is 0.00000363. The molecule has 6 nitrogen and oxygen atoms in total. The van der Waals surface area contributed by atoms with E-state index in [1.54, 1.807) is 7.05 Å². The first-order valence-corrected chi connectivity index (χ1v) is 12.2. The number of hydrogen-bond donors (Lipinski definition) is 2. The van der Waals surface area contributed by atoms with Crippen LogP contribution in [0.15, 0.2) is 47.6 Å². The minimum absolute atomic E-state index is 0. The normalized spacial score (nSPS) is 14.2. The quantitative estimate of drug-likeness (QED) is 0.205. The monoisotopic (exact) mass is 572 g/mol. The molecule has 0 saturated carbocycles. The van der Waals surface area contributed by atoms with Crippen molar-refractivity contribution in [3.63, 3.8) is 0 Å². The number of guanidine groups is 1. The lowest BCUT2D eigenvalue weighted by molar-refractivity contribution is 0.624. The van der Waals surface area contributed by atoms with Crippen molar-refractivity contribution in [3.8, 4) is 0 Å². The first-order chi connectivity index (χ1) is 15.2. The molecule has 3 rings (SSSR count). The number of rotatable bonds is 9. The van der Waals surface area contributed by atoms with Crippen LogP contribution in [-0.4, -0.2) is 62.7 Å². The highest BCUT2D eigenvalue weighted by molar-refractivity contribution is 14.0. The third-order valence-electron chi connectivity index (χ3n) is 5.36. The first-order valence-electron chi connectivity index (χ1n) is 10.8. The van der Waals surface area contributed by atoms with Gasteiger partial charge in [-0.2, -0.15) is 11.8 Å². The molecule has 176 valence electrons. The maximum Gasteiger partial charge on any atom is 0.191 e. The number of nitrogens with one attached hydrogen (secondary N) is 2. The number of benzene rings is 1. The van der Waals surface area contributed by atoms with Crippen LogP contribution in [-0.2, 0) is 6.54 Å². The number of pyridine rings is 1. The Hall–Kier alpha value is -1.75. The van der Waals surface area contributed by atoms with Gasteiger partial charge in [-0.25, -0.2) is 9.37 Å². The van der Waals surface area contributed by atoms with Crippen LogP contribution in [0.2, 0.25) is 0 Å². The summed E-state index contributed by atoms with van der Waals surface area (Å²) < 4.78 is 13.2. The molecule has 1 aromatic heterocycles. The number of aromatic nitrogens is 1. The molecule has 1 aliphatic rings. The Kier molecular flexibility index (Phi) is 11.9. The molecule has 0 bridgehead atoms. The van der Waals surface area contributed by atoms with Crippen molar-refractivity contribution in [3.05, 3.63) is 54.0 Å². The summed E-state index contributed by atoms with van der Waals surface area (Å²) in [6.45, 7) is 5.20. The molecule has 1 saturated heterocycles. The van der Waals surface area contributed by atoms with Crippen molar-refractivity contribution in [2.45, 2.75) is 19.4 Å². The van der Waals surface area contributed by atoms with Crippen molar-refractivity contribution >= 4 is 53.2 Å². The van der Waals surface area contributed by atoms with E-state index in [1.807, 2.05) is 36.2 Å². The summed E-state index contributed by atoms with van der Waals surface area (Å²) in [5, 5.41) is 6.76. The highest BCUT2D eigenvalue weighted by Crippen LogP contribution is 2.20. The summed E-state index contributed by atoms with van der Waals surface area (Å²) in [5.74, 6) is 2.83. The van der Waals surface area contributed by atoms with Crippen LogP contribution in [0.3, 0.4) is 0 Å². The molecule has 32 heavy (non-hydrogen) atoms. The standard InChI is InChI=1S/C23H33FN6S.HI/c1-25-23(27-10-3-4-16-31-2)28-18-19-9-11-26-22(17-19)30-14-12-29(13-15-30)21-7-5-20(24)6-8-21;/h5-9,11,17H,3-4,10,12-16,18H2,1-2H3,(H2,25,27,28);1H. The van der Waals surface area contributed by atoms with Gasteiger partial charge in [-0.05, 0) is 66.8 Å². The first kappa shape index (κ1) is 26.5. The predicted octanol–water partition coefficient (Wildman–Crippen LogP) is 3.97. The summed E-state index contributed by atoms with van der Waals surface area (Å²) in [4.78, 5) is 13.5. The molecule has 0 unspecified atom stereocenters. The maximum absolute atomic E-state index is 13.2. The Bertz CT molecular complexity index is 827. The van der Waals surface area contributed by atoms with Gasteiger partial charge in [-0.3, -0.25) is 4.99 Å². The van der Waals surface area contributed by atoms with E-state index < -0.39 is 0 Å². The predicted molar refractivity (Wildman–Crippen MR) is 146 cm³/mol. The van der Waals surface area contributed by atoms with Crippen molar-refractivity contribution in [1.29, 1.82) is 0 Å². The number of aliphatic imine (C=N–C) groups is 1. The largest absolute Gasteiger partial charge is 0.368 e. The maximum atomic E-state index is 13.2. The van der Waals surface area contributed by atoms with Crippen LogP contribution >= 0.6 is 35.7 Å². The van der Waals surface area contributed by atoms with E-state index >= 15 is 0 Å². The van der Waals surface area contributed by atoms with E-state index in [2.05, 4.69) is 42.7 Å². The smallest absolute Gasteiger partial charge is 0.191 e. The van der Waals surface area contributed by atoms with Crippen LogP contribution in [0, 0.1) is 5.82 Å². The van der Waals surface area contributed by atoms with Gasteiger partial charge in [0, 0.05) is 58.2 Å². The molecular weight excluding hydrogens is 538 g/mol. The van der Waals surface area contributed by atoms with E-state index in [1.165, 1.54) is 29.9 Å². The van der Waals surface area contributed by atoms with Crippen molar-refractivity contribution in [2.24, 2.45) is 4.99 Å². The minimum atomic E-state index is -0.195. The lowest BCUT2D eigenvalue weighted by Crippen LogP contribution is -2.46. The molecule has 1 aromatic carbocycles. The summed E-state index contributed by atoms with van der Waals surface area (Å²) in [6.07, 6.45) is 6.37. The van der Waals surface area contributed by atoms with Gasteiger partial charge in [-0.1, -0.05) is 0 Å². The van der Waals surface area contributed by atoms with Crippen LogP contribution in [0.25, 0.3) is 0 Å². The molecular formula is C23H34FIN6S. The average molecular weight is 573 g/mol. The number of thioether (sulfide) groups is 1. The average Bonchev–Trinajstić information content (AvgIpc) is 2.82. The van der Waals surface area contributed by atoms with Crippen molar-refractivity contribution in [2.75, 3.05) is 61.6 Å². The zero-order valence-electron chi connectivity index (χ0n) is 18.9. The van der Waals surface area contributed by atoms with Crippen molar-refractivity contribution in [1.82, 2.24) is 15.6 Å². The summed E-state index contributed by atoms with van der Waals surface area (Å²) in [6, 6.07) is 10.9. The van der Waals surface area contributed by atoms with E-state index in [9.17, 15) is 4.39 Å². The van der Waals surface area contributed by atoms with E-state index in [4.69, 9.17) is 0 Å². The molecule has 0 spiro atoms. The van der Waals surface area contributed by atoms with Gasteiger partial charge in [0.2, 0.25) is 0 Å². The van der Waals surface area contributed by atoms with Crippen LogP contribution in [0.1, 0.15) is 18.4 Å². The van der Waals surface area contributed by atoms with E-state index in [-0.39, 0.29) is 29.8 Å². The van der Waals surface area contributed by atoms with Gasteiger partial charge >= 0.3 is 0 Å². The van der Waals surface area contributed by atoms with Gasteiger partial charge in [-0.15, -0.1) is 24.0 Å². The van der Waals surface area contributed by atoms with Crippen molar-refractivity contribution < 1.29 is 4.39 Å². The van der Waals surface area contributed by atoms with Crippen LogP contribution < -0.4 is 20.4 Å². The molecule has 0 amide bonds. The molecule has 9 heteroatoms. The van der Waals surface area contributed by atoms with Gasteiger partial charge in [0.25, 0.3) is 0 Å². The number of nitrogens with zero attached hydrogens (tertiary/aromatic N) is 4. The second-order valence-corrected chi connectivity index (χ2v) is 8.51. The Morgan fingerprint density at radius 3 is 2.47 bits per heavy atom. The minimum Gasteiger partial charge on any atom is -0.368 e. The third-order valence-corrected chi connectivity index (χ3v) is 6.05. The molecule has 2 aromatic rings. The zero-order chi connectivity index (χ0) is 21.9. The molecule has 2 N–H and O–H groups in total. The topological polar surface area (TPSA) is 55.8 Å². The SMILES string of the molecule is CN=C(NCCCCSC)NCc1ccnc(N2CCN(c3ccc(F)cc3)CC2)c1.I. The number of halogens is 2. The van der Waals surface area contributed by atoms with Crippen LogP contribution in [0.4, 0.5) is 15.9 Å². The van der Waals surface area contributed by atoms with Gasteiger partial charge in [0.05, 0.1) is 0 Å². The summed E-state index contributed by atoms with van der Waals surface area (Å²) in [7, 11) is 1.80. The molecule has 0 radical (unpaired) electrons. The highest BCUT2D eigenvalue weighted by Gasteiger charge is 2.18. The second-order valence-electron chi connectivity index (χ2n) is 7.53. The molecule has 2 heterocycles. The fourth-order valence-electron chi connectivity index (χ4n) is 3.57. The second kappa shape index (κ2) is 14.4. The fourth-order valence-corrected chi connectivity index (χ4v) is 4.07. The Morgan fingerprint density at radius 1 is 1.06 bits per heavy atom. The lowest BCUT2D eigenvalue weighted by Gasteiger charge is -2.36. The van der Waals surface area contributed by atoms with Gasteiger partial charge in [0.15, 0.2) is 5.96 Å². The Labute approximate surface area is 212 Å². The molecule has 1 aliphatic heterocycles. The van der Waals surface area contributed by atoms with Crippen LogP contribution in [0.5, 0.6) is 0 Å². The third kappa shape index (κ3) is 8.31. The number of anilines is 2. The fraction of sp³-hybridized carbons (Fsp3) is 0.478. The van der Waals surface area contributed by atoms with Gasteiger partial charge in [0.1, 0.15) is 11.6 Å².